The highest BCUT2D eigenvalue weighted by Gasteiger charge is 2.34. The molecule has 7 nitrogen and oxygen atoms in total. The number of hydrogen-bond donors (Lipinski definition) is 2. The van der Waals surface area contributed by atoms with Gasteiger partial charge in [-0.3, -0.25) is 14.4 Å². The Hall–Kier alpha value is -4.37. The summed E-state index contributed by atoms with van der Waals surface area (Å²) in [6.07, 6.45) is 3.65. The fourth-order valence-electron chi connectivity index (χ4n) is 4.66. The fourth-order valence-corrected chi connectivity index (χ4v) is 4.66. The SMILES string of the molecule is CNC(=O)[C@@H](Cc1ccc(F)c(F)c1)N(C)C(=O)[C@@H](Cc1ccc(-c2ccccc2)cc1)N(C)C(=O)C=CCC(C)(C)N. The van der Waals surface area contributed by atoms with Crippen molar-refractivity contribution in [2.45, 2.75) is 50.7 Å². The molecule has 0 aliphatic heterocycles. The number of amides is 3. The van der Waals surface area contributed by atoms with E-state index in [4.69, 9.17) is 5.73 Å². The van der Waals surface area contributed by atoms with Crippen LogP contribution in [0.5, 0.6) is 0 Å². The molecule has 0 unspecified atom stereocenters. The van der Waals surface area contributed by atoms with Crippen molar-refractivity contribution in [2.24, 2.45) is 5.73 Å². The van der Waals surface area contributed by atoms with Crippen LogP contribution in [0.4, 0.5) is 8.78 Å². The third-order valence-electron chi connectivity index (χ3n) is 7.27. The summed E-state index contributed by atoms with van der Waals surface area (Å²) in [5.41, 5.74) is 8.75. The van der Waals surface area contributed by atoms with Crippen LogP contribution >= 0.6 is 0 Å². The zero-order valence-corrected chi connectivity index (χ0v) is 25.3. The molecule has 2 atom stereocenters. The van der Waals surface area contributed by atoms with Crippen LogP contribution in [-0.2, 0) is 27.2 Å². The van der Waals surface area contributed by atoms with Crippen LogP contribution in [0.1, 0.15) is 31.4 Å². The minimum Gasteiger partial charge on any atom is -0.357 e. The molecule has 3 aromatic carbocycles. The van der Waals surface area contributed by atoms with Gasteiger partial charge in [0.1, 0.15) is 12.1 Å². The minimum absolute atomic E-state index is 0.0548. The Balaban J connectivity index is 1.92. The van der Waals surface area contributed by atoms with Crippen molar-refractivity contribution < 1.29 is 23.2 Å². The van der Waals surface area contributed by atoms with Crippen molar-refractivity contribution in [3.63, 3.8) is 0 Å². The van der Waals surface area contributed by atoms with Gasteiger partial charge >= 0.3 is 0 Å². The zero-order valence-electron chi connectivity index (χ0n) is 25.3. The molecule has 0 fully saturated rings. The zero-order chi connectivity index (χ0) is 31.7. The van der Waals surface area contributed by atoms with E-state index in [1.165, 1.54) is 36.0 Å². The van der Waals surface area contributed by atoms with Crippen LogP contribution < -0.4 is 11.1 Å². The second kappa shape index (κ2) is 14.7. The first kappa shape index (κ1) is 33.1. The molecule has 3 amide bonds. The van der Waals surface area contributed by atoms with E-state index in [-0.39, 0.29) is 12.8 Å². The standard InChI is InChI=1S/C34H40F2N4O3/c1-34(2,37)19-9-12-31(41)39(4)30(21-23-13-16-26(17-14-23)25-10-7-6-8-11-25)33(43)40(5)29(32(42)38-3)22-24-15-18-27(35)28(36)20-24/h6-18,20,29-30H,19,21-22,37H2,1-5H3,(H,38,42)/t29-,30-/m1/s1. The fraction of sp³-hybridized carbons (Fsp3) is 0.324. The average molecular weight is 591 g/mol. The van der Waals surface area contributed by atoms with Crippen LogP contribution in [0.25, 0.3) is 11.1 Å². The highest BCUT2D eigenvalue weighted by atomic mass is 19.2. The molecule has 0 spiro atoms. The predicted molar refractivity (Wildman–Crippen MR) is 165 cm³/mol. The Kier molecular flexibility index (Phi) is 11.3. The summed E-state index contributed by atoms with van der Waals surface area (Å²) in [7, 11) is 4.45. The summed E-state index contributed by atoms with van der Waals surface area (Å²) >= 11 is 0. The van der Waals surface area contributed by atoms with E-state index in [1.54, 1.807) is 13.1 Å². The van der Waals surface area contributed by atoms with Gasteiger partial charge in [0.15, 0.2) is 11.6 Å². The second-order valence-corrected chi connectivity index (χ2v) is 11.4. The lowest BCUT2D eigenvalue weighted by Gasteiger charge is -2.34. The summed E-state index contributed by atoms with van der Waals surface area (Å²) in [5.74, 6) is -3.41. The van der Waals surface area contributed by atoms with Gasteiger partial charge in [-0.2, -0.15) is 0 Å². The Bertz CT molecular complexity index is 1440. The topological polar surface area (TPSA) is 95.7 Å². The summed E-state index contributed by atoms with van der Waals surface area (Å²) < 4.78 is 27.5. The highest BCUT2D eigenvalue weighted by molar-refractivity contribution is 5.95. The molecular weight excluding hydrogens is 550 g/mol. The van der Waals surface area contributed by atoms with Gasteiger partial charge in [0.2, 0.25) is 17.7 Å². The summed E-state index contributed by atoms with van der Waals surface area (Å²) in [5, 5.41) is 2.55. The van der Waals surface area contributed by atoms with E-state index in [0.717, 1.165) is 28.8 Å². The summed E-state index contributed by atoms with van der Waals surface area (Å²) in [4.78, 5) is 42.8. The number of hydrogen-bond acceptors (Lipinski definition) is 4. The van der Waals surface area contributed by atoms with Gasteiger partial charge in [0.25, 0.3) is 0 Å². The van der Waals surface area contributed by atoms with E-state index in [0.29, 0.717) is 12.0 Å². The molecule has 0 saturated carbocycles. The minimum atomic E-state index is -1.04. The van der Waals surface area contributed by atoms with Crippen molar-refractivity contribution >= 4 is 17.7 Å². The molecular formula is C34H40F2N4O3. The lowest BCUT2D eigenvalue weighted by atomic mass is 9.98. The van der Waals surface area contributed by atoms with Crippen LogP contribution in [0.2, 0.25) is 0 Å². The number of halogens is 2. The smallest absolute Gasteiger partial charge is 0.246 e. The first-order valence-corrected chi connectivity index (χ1v) is 14.1. The monoisotopic (exact) mass is 590 g/mol. The molecule has 228 valence electrons. The quantitative estimate of drug-likeness (QED) is 0.304. The summed E-state index contributed by atoms with van der Waals surface area (Å²) in [6, 6.07) is 18.9. The number of nitrogens with two attached hydrogens (primary N) is 1. The summed E-state index contributed by atoms with van der Waals surface area (Å²) in [6.45, 7) is 3.69. The lowest BCUT2D eigenvalue weighted by Crippen LogP contribution is -2.55. The number of nitrogens with one attached hydrogen (secondary N) is 1. The molecule has 0 bridgehead atoms. The third kappa shape index (κ3) is 9.31. The molecule has 0 heterocycles. The van der Waals surface area contributed by atoms with E-state index in [1.807, 2.05) is 68.4 Å². The van der Waals surface area contributed by atoms with Gasteiger partial charge in [0.05, 0.1) is 0 Å². The van der Waals surface area contributed by atoms with E-state index >= 15 is 0 Å². The van der Waals surface area contributed by atoms with Crippen LogP contribution in [0, 0.1) is 11.6 Å². The van der Waals surface area contributed by atoms with Crippen molar-refractivity contribution in [1.82, 2.24) is 15.1 Å². The molecule has 0 aliphatic rings. The molecule has 0 radical (unpaired) electrons. The first-order chi connectivity index (χ1) is 20.3. The number of likely N-dealkylation sites (N-methyl/N-ethyl adjacent to an activating group) is 3. The number of benzene rings is 3. The molecule has 3 N–H and O–H groups in total. The molecule has 0 aromatic heterocycles. The van der Waals surface area contributed by atoms with E-state index < -0.39 is 47.0 Å². The van der Waals surface area contributed by atoms with Crippen LogP contribution in [-0.4, -0.2) is 66.3 Å². The van der Waals surface area contributed by atoms with E-state index in [9.17, 15) is 23.2 Å². The van der Waals surface area contributed by atoms with Gasteiger partial charge in [-0.25, -0.2) is 8.78 Å². The van der Waals surface area contributed by atoms with Gasteiger partial charge in [-0.05, 0) is 60.7 Å². The maximum absolute atomic E-state index is 14.1. The van der Waals surface area contributed by atoms with Crippen molar-refractivity contribution in [1.29, 1.82) is 0 Å². The number of carbonyl (C=O) groups is 3. The molecule has 9 heteroatoms. The molecule has 3 aromatic rings. The highest BCUT2D eigenvalue weighted by Crippen LogP contribution is 2.22. The Morgan fingerprint density at radius 3 is 2.00 bits per heavy atom. The van der Waals surface area contributed by atoms with Gasteiger partial charge < -0.3 is 20.9 Å². The second-order valence-electron chi connectivity index (χ2n) is 11.4. The largest absolute Gasteiger partial charge is 0.357 e. The van der Waals surface area contributed by atoms with Crippen molar-refractivity contribution in [3.8, 4) is 11.1 Å². The maximum atomic E-state index is 14.1. The molecule has 0 aliphatic carbocycles. The van der Waals surface area contributed by atoms with Gasteiger partial charge in [-0.15, -0.1) is 0 Å². The van der Waals surface area contributed by atoms with Crippen molar-refractivity contribution in [3.05, 3.63) is 108 Å². The molecule has 3 rings (SSSR count). The average Bonchev–Trinajstić information content (AvgIpc) is 2.99. The van der Waals surface area contributed by atoms with Crippen molar-refractivity contribution in [2.75, 3.05) is 21.1 Å². The van der Waals surface area contributed by atoms with Crippen LogP contribution in [0.15, 0.2) is 84.9 Å². The Labute approximate surface area is 252 Å². The molecule has 43 heavy (non-hydrogen) atoms. The Morgan fingerprint density at radius 1 is 0.837 bits per heavy atom. The van der Waals surface area contributed by atoms with Gasteiger partial charge in [0, 0.05) is 39.5 Å². The first-order valence-electron chi connectivity index (χ1n) is 14.1. The lowest BCUT2D eigenvalue weighted by molar-refractivity contribution is -0.146. The number of nitrogens with zero attached hydrogens (tertiary/aromatic N) is 2. The molecule has 0 saturated heterocycles. The Morgan fingerprint density at radius 2 is 1.42 bits per heavy atom. The third-order valence-corrected chi connectivity index (χ3v) is 7.27. The predicted octanol–water partition coefficient (Wildman–Crippen LogP) is 4.50. The van der Waals surface area contributed by atoms with Gasteiger partial charge in [-0.1, -0.05) is 66.7 Å². The number of rotatable bonds is 12. The number of carbonyl (C=O) groups excluding carboxylic acids is 3. The normalized spacial score (nSPS) is 12.9. The van der Waals surface area contributed by atoms with E-state index in [2.05, 4.69) is 5.32 Å². The van der Waals surface area contributed by atoms with Crippen LogP contribution in [0.3, 0.4) is 0 Å². The maximum Gasteiger partial charge on any atom is 0.246 e.